The fourth-order valence-corrected chi connectivity index (χ4v) is 2.35. The maximum absolute atomic E-state index is 8.95. The maximum atomic E-state index is 8.95. The molecule has 0 spiro atoms. The van der Waals surface area contributed by atoms with Gasteiger partial charge in [0.05, 0.1) is 11.6 Å². The molecule has 0 fully saturated rings. The molecule has 0 aliphatic carbocycles. The van der Waals surface area contributed by atoms with Gasteiger partial charge in [0.1, 0.15) is 0 Å². The molecule has 1 atom stereocenters. The van der Waals surface area contributed by atoms with E-state index in [1.165, 1.54) is 5.39 Å². The van der Waals surface area contributed by atoms with Crippen molar-refractivity contribution in [3.8, 4) is 6.07 Å². The summed E-state index contributed by atoms with van der Waals surface area (Å²) in [4.78, 5) is 3.18. The van der Waals surface area contributed by atoms with Crippen LogP contribution in [-0.2, 0) is 0 Å². The molecule has 3 heteroatoms. The minimum atomic E-state index is 0.152. The van der Waals surface area contributed by atoms with Gasteiger partial charge in [0.15, 0.2) is 0 Å². The SMILES string of the molecule is CC(Nc1ccc2[nH]ccc2c1)c1cccc(C#N)c1. The number of hydrogen-bond acceptors (Lipinski definition) is 2. The zero-order valence-corrected chi connectivity index (χ0v) is 11.2. The van der Waals surface area contributed by atoms with Gasteiger partial charge in [-0.1, -0.05) is 12.1 Å². The number of nitriles is 1. The van der Waals surface area contributed by atoms with E-state index in [9.17, 15) is 0 Å². The second-order valence-electron chi connectivity index (χ2n) is 4.88. The lowest BCUT2D eigenvalue weighted by molar-refractivity contribution is 0.884. The third-order valence-corrected chi connectivity index (χ3v) is 3.45. The van der Waals surface area contributed by atoms with Crippen LogP contribution in [0.5, 0.6) is 0 Å². The van der Waals surface area contributed by atoms with Gasteiger partial charge >= 0.3 is 0 Å². The lowest BCUT2D eigenvalue weighted by atomic mass is 10.1. The molecule has 2 aromatic carbocycles. The Hall–Kier alpha value is -2.73. The minimum Gasteiger partial charge on any atom is -0.379 e. The molecule has 0 bridgehead atoms. The quantitative estimate of drug-likeness (QED) is 0.742. The van der Waals surface area contributed by atoms with E-state index in [4.69, 9.17) is 5.26 Å². The number of aromatic amines is 1. The summed E-state index contributed by atoms with van der Waals surface area (Å²) in [6.45, 7) is 2.10. The van der Waals surface area contributed by atoms with Crippen molar-refractivity contribution in [3.63, 3.8) is 0 Å². The van der Waals surface area contributed by atoms with E-state index >= 15 is 0 Å². The summed E-state index contributed by atoms with van der Waals surface area (Å²) < 4.78 is 0. The van der Waals surface area contributed by atoms with Crippen LogP contribution in [0.2, 0.25) is 0 Å². The van der Waals surface area contributed by atoms with E-state index in [1.54, 1.807) is 0 Å². The minimum absolute atomic E-state index is 0.152. The summed E-state index contributed by atoms with van der Waals surface area (Å²) in [6.07, 6.45) is 1.94. The van der Waals surface area contributed by atoms with Gasteiger partial charge < -0.3 is 10.3 Å². The van der Waals surface area contributed by atoms with Gasteiger partial charge in [-0.3, -0.25) is 0 Å². The maximum Gasteiger partial charge on any atom is 0.0991 e. The number of nitrogens with zero attached hydrogens (tertiary/aromatic N) is 1. The Bertz CT molecular complexity index is 780. The van der Waals surface area contributed by atoms with Gasteiger partial charge in [-0.25, -0.2) is 0 Å². The van der Waals surface area contributed by atoms with Gasteiger partial charge in [-0.15, -0.1) is 0 Å². The molecule has 2 N–H and O–H groups in total. The van der Waals surface area contributed by atoms with Crippen molar-refractivity contribution in [2.24, 2.45) is 0 Å². The first-order valence-electron chi connectivity index (χ1n) is 6.60. The number of H-pyrrole nitrogens is 1. The Kier molecular flexibility index (Phi) is 3.14. The van der Waals surface area contributed by atoms with Crippen LogP contribution in [-0.4, -0.2) is 4.98 Å². The second-order valence-corrected chi connectivity index (χ2v) is 4.88. The number of anilines is 1. The van der Waals surface area contributed by atoms with E-state index in [0.29, 0.717) is 5.56 Å². The molecule has 0 radical (unpaired) electrons. The van der Waals surface area contributed by atoms with Crippen LogP contribution in [0.15, 0.2) is 54.7 Å². The average molecular weight is 261 g/mol. The first-order valence-corrected chi connectivity index (χ1v) is 6.60. The molecule has 3 nitrogen and oxygen atoms in total. The first kappa shape index (κ1) is 12.3. The zero-order chi connectivity index (χ0) is 13.9. The second kappa shape index (κ2) is 5.10. The summed E-state index contributed by atoms with van der Waals surface area (Å²) in [7, 11) is 0. The molecule has 1 aromatic heterocycles. The third kappa shape index (κ3) is 2.36. The molecular formula is C17H15N3. The van der Waals surface area contributed by atoms with Crippen LogP contribution in [0.4, 0.5) is 5.69 Å². The molecule has 98 valence electrons. The van der Waals surface area contributed by atoms with E-state index in [-0.39, 0.29) is 6.04 Å². The zero-order valence-electron chi connectivity index (χ0n) is 11.2. The molecule has 1 heterocycles. The average Bonchev–Trinajstić information content (AvgIpc) is 2.95. The highest BCUT2D eigenvalue weighted by Crippen LogP contribution is 2.23. The summed E-state index contributed by atoms with van der Waals surface area (Å²) in [5.74, 6) is 0. The summed E-state index contributed by atoms with van der Waals surface area (Å²) in [5.41, 5.74) is 4.01. The van der Waals surface area contributed by atoms with E-state index in [0.717, 1.165) is 16.8 Å². The van der Waals surface area contributed by atoms with Gasteiger partial charge in [0.2, 0.25) is 0 Å². The van der Waals surface area contributed by atoms with Gasteiger partial charge in [0.25, 0.3) is 0 Å². The normalized spacial score (nSPS) is 12.0. The predicted molar refractivity (Wildman–Crippen MR) is 81.5 cm³/mol. The van der Waals surface area contributed by atoms with Gasteiger partial charge in [0, 0.05) is 28.8 Å². The molecule has 0 aliphatic heterocycles. The Morgan fingerprint density at radius 2 is 2.05 bits per heavy atom. The van der Waals surface area contributed by atoms with Crippen molar-refractivity contribution < 1.29 is 0 Å². The number of hydrogen-bond donors (Lipinski definition) is 2. The standard InChI is InChI=1S/C17H15N3/c1-12(14-4-2-3-13(9-14)11-18)20-16-5-6-17-15(10-16)7-8-19-17/h2-10,12,19-20H,1H3. The van der Waals surface area contributed by atoms with Crippen LogP contribution in [0.3, 0.4) is 0 Å². The van der Waals surface area contributed by atoms with Crippen molar-refractivity contribution in [2.75, 3.05) is 5.32 Å². The Balaban J connectivity index is 1.84. The molecular weight excluding hydrogens is 246 g/mol. The van der Waals surface area contributed by atoms with Crippen molar-refractivity contribution in [1.82, 2.24) is 4.98 Å². The molecule has 3 aromatic rings. The Morgan fingerprint density at radius 3 is 2.90 bits per heavy atom. The molecule has 0 aliphatic rings. The number of benzene rings is 2. The molecule has 0 amide bonds. The first-order chi connectivity index (χ1) is 9.76. The highest BCUT2D eigenvalue weighted by molar-refractivity contribution is 5.83. The van der Waals surface area contributed by atoms with Crippen molar-refractivity contribution in [1.29, 1.82) is 5.26 Å². The number of rotatable bonds is 3. The predicted octanol–water partition coefficient (Wildman–Crippen LogP) is 4.21. The highest BCUT2D eigenvalue weighted by atomic mass is 14.9. The summed E-state index contributed by atoms with van der Waals surface area (Å²) in [6, 6.07) is 18.3. The van der Waals surface area contributed by atoms with Crippen LogP contribution in [0.25, 0.3) is 10.9 Å². The summed E-state index contributed by atoms with van der Waals surface area (Å²) in [5, 5.41) is 13.6. The largest absolute Gasteiger partial charge is 0.379 e. The number of fused-ring (bicyclic) bond motifs is 1. The smallest absolute Gasteiger partial charge is 0.0991 e. The molecule has 3 rings (SSSR count). The Morgan fingerprint density at radius 1 is 1.15 bits per heavy atom. The van der Waals surface area contributed by atoms with Crippen molar-refractivity contribution in [2.45, 2.75) is 13.0 Å². The van der Waals surface area contributed by atoms with Gasteiger partial charge in [-0.05, 0) is 48.9 Å². The molecule has 1 unspecified atom stereocenters. The third-order valence-electron chi connectivity index (χ3n) is 3.45. The monoisotopic (exact) mass is 261 g/mol. The van der Waals surface area contributed by atoms with Crippen LogP contribution in [0, 0.1) is 11.3 Å². The van der Waals surface area contributed by atoms with Crippen LogP contribution in [0.1, 0.15) is 24.1 Å². The fourth-order valence-electron chi connectivity index (χ4n) is 2.35. The van der Waals surface area contributed by atoms with Crippen LogP contribution < -0.4 is 5.32 Å². The highest BCUT2D eigenvalue weighted by Gasteiger charge is 2.06. The van der Waals surface area contributed by atoms with E-state index in [1.807, 2.05) is 30.5 Å². The van der Waals surface area contributed by atoms with Crippen molar-refractivity contribution in [3.05, 3.63) is 65.9 Å². The lowest BCUT2D eigenvalue weighted by Gasteiger charge is -2.16. The molecule has 0 saturated heterocycles. The number of nitrogens with one attached hydrogen (secondary N) is 2. The van der Waals surface area contributed by atoms with E-state index < -0.39 is 0 Å². The number of aromatic nitrogens is 1. The van der Waals surface area contributed by atoms with E-state index in [2.05, 4.69) is 47.6 Å². The fraction of sp³-hybridized carbons (Fsp3) is 0.118. The molecule has 0 saturated carbocycles. The van der Waals surface area contributed by atoms with Gasteiger partial charge in [-0.2, -0.15) is 5.26 Å². The topological polar surface area (TPSA) is 51.6 Å². The van der Waals surface area contributed by atoms with Crippen molar-refractivity contribution >= 4 is 16.6 Å². The summed E-state index contributed by atoms with van der Waals surface area (Å²) >= 11 is 0. The lowest BCUT2D eigenvalue weighted by Crippen LogP contribution is -2.06. The van der Waals surface area contributed by atoms with Crippen LogP contribution >= 0.6 is 0 Å². The molecule has 20 heavy (non-hydrogen) atoms. The Labute approximate surface area is 117 Å².